The number of alkyl carbamates (subject to hydrolysis) is 1. The van der Waals surface area contributed by atoms with Gasteiger partial charge in [0.2, 0.25) is 5.91 Å². The predicted octanol–water partition coefficient (Wildman–Crippen LogP) is 5.29. The van der Waals surface area contributed by atoms with Gasteiger partial charge in [-0.3, -0.25) is 4.79 Å². The van der Waals surface area contributed by atoms with Crippen LogP contribution < -0.4 is 10.6 Å². The van der Waals surface area contributed by atoms with Crippen LogP contribution in [0.2, 0.25) is 5.02 Å². The maximum Gasteiger partial charge on any atom is 0.407 e. The van der Waals surface area contributed by atoms with Crippen molar-refractivity contribution in [3.63, 3.8) is 0 Å². The van der Waals surface area contributed by atoms with Crippen LogP contribution in [0.3, 0.4) is 0 Å². The summed E-state index contributed by atoms with van der Waals surface area (Å²) in [4.78, 5) is 37.2. The molecule has 7 nitrogen and oxygen atoms in total. The van der Waals surface area contributed by atoms with Crippen LogP contribution in [0.1, 0.15) is 40.2 Å². The fraction of sp³-hybridized carbons (Fsp3) is 0.222. The maximum absolute atomic E-state index is 13.0. The summed E-state index contributed by atoms with van der Waals surface area (Å²) in [5, 5.41) is 15.0. The van der Waals surface area contributed by atoms with E-state index in [1.54, 1.807) is 0 Å². The molecule has 0 spiro atoms. The number of nitrogens with one attached hydrogen (secondary N) is 2. The number of carbonyl (C=O) groups is 3. The average Bonchev–Trinajstić information content (AvgIpc) is 3.64. The topological polar surface area (TPSA) is 105 Å². The maximum atomic E-state index is 13.0. The number of benzene rings is 3. The number of anilines is 1. The highest BCUT2D eigenvalue weighted by Crippen LogP contribution is 2.44. The van der Waals surface area contributed by atoms with Crippen LogP contribution in [0.25, 0.3) is 11.1 Å². The Morgan fingerprint density at radius 1 is 0.971 bits per heavy atom. The molecule has 1 unspecified atom stereocenters. The number of hydrogen-bond donors (Lipinski definition) is 3. The first kappa shape index (κ1) is 22.9. The van der Waals surface area contributed by atoms with E-state index in [0.29, 0.717) is 0 Å². The van der Waals surface area contributed by atoms with Gasteiger partial charge in [0.05, 0.1) is 11.3 Å². The Balaban J connectivity index is 1.26. The van der Waals surface area contributed by atoms with Gasteiger partial charge in [-0.2, -0.15) is 0 Å². The van der Waals surface area contributed by atoms with Gasteiger partial charge in [-0.25, -0.2) is 9.59 Å². The Labute approximate surface area is 207 Å². The van der Waals surface area contributed by atoms with Crippen molar-refractivity contribution in [2.24, 2.45) is 5.92 Å². The van der Waals surface area contributed by atoms with Gasteiger partial charge < -0.3 is 20.5 Å². The number of carboxylic acids is 1. The lowest BCUT2D eigenvalue weighted by atomic mass is 9.98. The molecular weight excluding hydrogens is 468 g/mol. The van der Waals surface area contributed by atoms with Crippen LogP contribution in [0.15, 0.2) is 66.7 Å². The van der Waals surface area contributed by atoms with E-state index in [1.807, 2.05) is 36.4 Å². The van der Waals surface area contributed by atoms with Gasteiger partial charge in [0.25, 0.3) is 0 Å². The molecule has 2 amide bonds. The van der Waals surface area contributed by atoms with Crippen LogP contribution in [-0.4, -0.2) is 35.7 Å². The van der Waals surface area contributed by atoms with E-state index >= 15 is 0 Å². The highest BCUT2D eigenvalue weighted by atomic mass is 35.5. The van der Waals surface area contributed by atoms with E-state index < -0.39 is 24.0 Å². The number of fused-ring (bicyclic) bond motifs is 3. The van der Waals surface area contributed by atoms with Gasteiger partial charge in [-0.1, -0.05) is 60.1 Å². The largest absolute Gasteiger partial charge is 0.478 e. The van der Waals surface area contributed by atoms with Gasteiger partial charge in [-0.15, -0.1) is 0 Å². The minimum atomic E-state index is -1.21. The second-order valence-corrected chi connectivity index (χ2v) is 9.21. The summed E-state index contributed by atoms with van der Waals surface area (Å²) >= 11 is 5.89. The summed E-state index contributed by atoms with van der Waals surface area (Å²) in [6.45, 7) is 0.138. The summed E-state index contributed by atoms with van der Waals surface area (Å²) in [7, 11) is 0. The number of aromatic carboxylic acids is 1. The molecule has 1 atom stereocenters. The molecule has 0 bridgehead atoms. The highest BCUT2D eigenvalue weighted by Gasteiger charge is 2.38. The molecule has 0 aliphatic heterocycles. The Bertz CT molecular complexity index is 1270. The molecule has 8 heteroatoms. The smallest absolute Gasteiger partial charge is 0.407 e. The van der Waals surface area contributed by atoms with Crippen molar-refractivity contribution in [2.75, 3.05) is 11.9 Å². The first-order valence-corrected chi connectivity index (χ1v) is 11.8. The summed E-state index contributed by atoms with van der Waals surface area (Å²) in [5.41, 5.74) is 4.45. The quantitative estimate of drug-likeness (QED) is 0.417. The highest BCUT2D eigenvalue weighted by molar-refractivity contribution is 6.31. The zero-order valence-corrected chi connectivity index (χ0v) is 19.4. The molecule has 3 aromatic carbocycles. The average molecular weight is 491 g/mol. The zero-order valence-electron chi connectivity index (χ0n) is 18.7. The van der Waals surface area contributed by atoms with Crippen molar-refractivity contribution in [3.05, 3.63) is 88.4 Å². The van der Waals surface area contributed by atoms with Crippen molar-refractivity contribution in [3.8, 4) is 11.1 Å². The Morgan fingerprint density at radius 3 is 2.20 bits per heavy atom. The lowest BCUT2D eigenvalue weighted by Gasteiger charge is -2.20. The van der Waals surface area contributed by atoms with Crippen LogP contribution in [0.5, 0.6) is 0 Å². The summed E-state index contributed by atoms with van der Waals surface area (Å²) in [6.07, 6.45) is 0.885. The molecule has 1 saturated carbocycles. The summed E-state index contributed by atoms with van der Waals surface area (Å²) in [6, 6.07) is 19.5. The van der Waals surface area contributed by atoms with E-state index in [4.69, 9.17) is 16.3 Å². The standard InChI is InChI=1S/C27H23ClN2O5/c28-16-11-12-23(21(13-16)26(32)33)29-25(31)24(15-9-10-15)30-27(34)35-14-22-19-7-3-1-5-17(19)18-6-2-4-8-20(18)22/h1-8,11-13,15,22,24H,9-10,14H2,(H,29,31)(H,30,34)(H,32,33). The number of amides is 2. The van der Waals surface area contributed by atoms with E-state index in [0.717, 1.165) is 35.1 Å². The molecule has 0 aromatic heterocycles. The molecule has 35 heavy (non-hydrogen) atoms. The van der Waals surface area contributed by atoms with Gasteiger partial charge >= 0.3 is 12.1 Å². The van der Waals surface area contributed by atoms with Gasteiger partial charge in [0, 0.05) is 10.9 Å². The minimum absolute atomic E-state index is 0.0314. The third-order valence-electron chi connectivity index (χ3n) is 6.46. The second-order valence-electron chi connectivity index (χ2n) is 8.77. The van der Waals surface area contributed by atoms with Crippen molar-refractivity contribution < 1.29 is 24.2 Å². The van der Waals surface area contributed by atoms with E-state index in [-0.39, 0.29) is 34.7 Å². The van der Waals surface area contributed by atoms with Crippen LogP contribution >= 0.6 is 11.6 Å². The van der Waals surface area contributed by atoms with E-state index in [9.17, 15) is 19.5 Å². The van der Waals surface area contributed by atoms with Crippen molar-refractivity contribution >= 4 is 35.3 Å². The second kappa shape index (κ2) is 9.43. The normalized spacial score (nSPS) is 15.0. The third kappa shape index (κ3) is 4.72. The van der Waals surface area contributed by atoms with Crippen LogP contribution in [0.4, 0.5) is 10.5 Å². The Kier molecular flexibility index (Phi) is 6.17. The summed E-state index contributed by atoms with van der Waals surface area (Å²) in [5.74, 6) is -1.83. The summed E-state index contributed by atoms with van der Waals surface area (Å²) < 4.78 is 5.58. The molecule has 5 rings (SSSR count). The molecule has 178 valence electrons. The number of rotatable bonds is 7. The third-order valence-corrected chi connectivity index (χ3v) is 6.70. The molecule has 2 aliphatic rings. The van der Waals surface area contributed by atoms with E-state index in [1.165, 1.54) is 18.2 Å². The minimum Gasteiger partial charge on any atom is -0.478 e. The van der Waals surface area contributed by atoms with Gasteiger partial charge in [0.1, 0.15) is 12.6 Å². The van der Waals surface area contributed by atoms with Crippen LogP contribution in [0, 0.1) is 5.92 Å². The van der Waals surface area contributed by atoms with Gasteiger partial charge in [-0.05, 0) is 59.2 Å². The molecule has 0 heterocycles. The number of ether oxygens (including phenoxy) is 1. The molecular formula is C27H23ClN2O5. The molecule has 1 fully saturated rings. The predicted molar refractivity (Wildman–Crippen MR) is 132 cm³/mol. The lowest BCUT2D eigenvalue weighted by Crippen LogP contribution is -2.45. The number of halogens is 1. The fourth-order valence-corrected chi connectivity index (χ4v) is 4.78. The Hall–Kier alpha value is -3.84. The van der Waals surface area contributed by atoms with Crippen LogP contribution in [-0.2, 0) is 9.53 Å². The van der Waals surface area contributed by atoms with E-state index in [2.05, 4.69) is 22.8 Å². The van der Waals surface area contributed by atoms with Crippen molar-refractivity contribution in [1.29, 1.82) is 0 Å². The molecule has 3 N–H and O–H groups in total. The zero-order chi connectivity index (χ0) is 24.5. The first-order chi connectivity index (χ1) is 16.9. The SMILES string of the molecule is O=C(NC(C(=O)Nc1ccc(Cl)cc1C(=O)O)C1CC1)OCC1c2ccccc2-c2ccccc21. The molecule has 2 aliphatic carbocycles. The molecule has 3 aromatic rings. The Morgan fingerprint density at radius 2 is 1.60 bits per heavy atom. The monoisotopic (exact) mass is 490 g/mol. The lowest BCUT2D eigenvalue weighted by molar-refractivity contribution is -0.118. The number of carbonyl (C=O) groups excluding carboxylic acids is 2. The molecule has 0 saturated heterocycles. The fourth-order valence-electron chi connectivity index (χ4n) is 4.61. The first-order valence-electron chi connectivity index (χ1n) is 11.4. The van der Waals surface area contributed by atoms with Gasteiger partial charge in [0.15, 0.2) is 0 Å². The molecule has 0 radical (unpaired) electrons. The van der Waals surface area contributed by atoms with Crippen molar-refractivity contribution in [2.45, 2.75) is 24.8 Å². The van der Waals surface area contributed by atoms with Crippen molar-refractivity contribution in [1.82, 2.24) is 5.32 Å². The number of carboxylic acid groups (broad SMARTS) is 1. The number of hydrogen-bond acceptors (Lipinski definition) is 4.